The van der Waals surface area contributed by atoms with Gasteiger partial charge >= 0.3 is 11.7 Å². The Kier molecular flexibility index (Phi) is 5.01. The maximum atomic E-state index is 11.3. The summed E-state index contributed by atoms with van der Waals surface area (Å²) in [6, 6.07) is 5.45. The number of pyridine rings is 1. The number of esters is 1. The number of aliphatic hydroxyl groups is 1. The van der Waals surface area contributed by atoms with Gasteiger partial charge in [-0.25, -0.2) is 4.79 Å². The van der Waals surface area contributed by atoms with E-state index in [0.29, 0.717) is 0 Å². The lowest BCUT2D eigenvalue weighted by Gasteiger charge is -2.17. The van der Waals surface area contributed by atoms with Gasteiger partial charge in [0, 0.05) is 23.7 Å². The molecule has 0 saturated heterocycles. The maximum Gasteiger partial charge on any atom is 0.505 e. The molecule has 0 aromatic carbocycles. The van der Waals surface area contributed by atoms with Crippen LogP contribution < -0.4 is 0 Å². The topological polar surface area (TPSA) is 87.6 Å². The number of ether oxygens (including phenoxy) is 1. The van der Waals surface area contributed by atoms with Crippen molar-refractivity contribution in [2.45, 2.75) is 19.8 Å². The number of hydrogen-bond donors (Lipinski definition) is 1. The summed E-state index contributed by atoms with van der Waals surface area (Å²) in [5.41, 5.74) is 0.279. The van der Waals surface area contributed by atoms with E-state index in [9.17, 15) is 9.90 Å². The van der Waals surface area contributed by atoms with Crippen LogP contribution in [0.3, 0.4) is 0 Å². The summed E-state index contributed by atoms with van der Waals surface area (Å²) in [5, 5.41) is 18.8. The van der Waals surface area contributed by atoms with E-state index in [1.165, 1.54) is 0 Å². The van der Waals surface area contributed by atoms with E-state index in [4.69, 9.17) is 5.39 Å². The van der Waals surface area contributed by atoms with Gasteiger partial charge in [0.05, 0.1) is 7.11 Å². The number of hydrogen-bond acceptors (Lipinski definition) is 5. The summed E-state index contributed by atoms with van der Waals surface area (Å²) in [6.07, 6.45) is 1.65. The molecule has 0 aliphatic rings. The summed E-state index contributed by atoms with van der Waals surface area (Å²) >= 11 is 0. The fraction of sp³-hybridized carbons (Fsp3) is 0.385. The van der Waals surface area contributed by atoms with Crippen LogP contribution in [0.2, 0.25) is 0 Å². The van der Waals surface area contributed by atoms with Gasteiger partial charge in [0.1, 0.15) is 0 Å². The fourth-order valence-electron chi connectivity index (χ4n) is 1.65. The highest BCUT2D eigenvalue weighted by molar-refractivity contribution is 5.90. The van der Waals surface area contributed by atoms with E-state index in [2.05, 4.69) is 14.7 Å². The SMILES string of the molecule is COC(=O)/C([N+]#N)=C(\O)[C@H](C)[C@@H](C)c1ccccn1. The highest BCUT2D eigenvalue weighted by Gasteiger charge is 2.35. The van der Waals surface area contributed by atoms with Crippen LogP contribution in [-0.2, 0) is 9.53 Å². The second kappa shape index (κ2) is 6.50. The Morgan fingerprint density at radius 3 is 2.63 bits per heavy atom. The van der Waals surface area contributed by atoms with Gasteiger partial charge in [0.2, 0.25) is 11.2 Å². The molecular formula is C13H16N3O3+. The third kappa shape index (κ3) is 3.28. The number of nitrogens with zero attached hydrogens (tertiary/aromatic N) is 3. The molecule has 0 saturated carbocycles. The molecule has 1 heterocycles. The molecule has 0 fully saturated rings. The summed E-state index contributed by atoms with van der Waals surface area (Å²) in [4.78, 5) is 18.3. The Hall–Kier alpha value is -2.42. The first-order valence-electron chi connectivity index (χ1n) is 5.80. The van der Waals surface area contributed by atoms with Crippen molar-refractivity contribution in [2.75, 3.05) is 7.11 Å². The van der Waals surface area contributed by atoms with Gasteiger partial charge in [-0.05, 0) is 12.1 Å². The normalized spacial score (nSPS) is 14.8. The first kappa shape index (κ1) is 14.6. The molecule has 0 unspecified atom stereocenters. The zero-order chi connectivity index (χ0) is 14.4. The summed E-state index contributed by atoms with van der Waals surface area (Å²) in [6.45, 7) is 3.57. The first-order valence-corrected chi connectivity index (χ1v) is 5.80. The zero-order valence-corrected chi connectivity index (χ0v) is 11.1. The second-order valence-electron chi connectivity index (χ2n) is 4.16. The highest BCUT2D eigenvalue weighted by Crippen LogP contribution is 2.29. The largest absolute Gasteiger partial charge is 0.505 e. The molecular weight excluding hydrogens is 246 g/mol. The van der Waals surface area contributed by atoms with Gasteiger partial charge in [-0.1, -0.05) is 19.9 Å². The number of carbonyl (C=O) groups is 1. The maximum absolute atomic E-state index is 11.3. The van der Waals surface area contributed by atoms with Crippen LogP contribution >= 0.6 is 0 Å². The number of carbonyl (C=O) groups excluding carboxylic acids is 1. The number of methoxy groups -OCH3 is 1. The smallest absolute Gasteiger partial charge is 0.505 e. The number of diazo groups is 1. The number of allylic oxidation sites excluding steroid dienone is 1. The minimum atomic E-state index is -0.889. The molecule has 6 nitrogen and oxygen atoms in total. The molecule has 1 aromatic rings. The quantitative estimate of drug-likeness (QED) is 0.390. The molecule has 0 spiro atoms. The van der Waals surface area contributed by atoms with E-state index < -0.39 is 17.6 Å². The third-order valence-electron chi connectivity index (χ3n) is 3.06. The van der Waals surface area contributed by atoms with Gasteiger partial charge in [-0.3, -0.25) is 4.98 Å². The van der Waals surface area contributed by atoms with E-state index in [0.717, 1.165) is 12.8 Å². The van der Waals surface area contributed by atoms with E-state index in [-0.39, 0.29) is 11.7 Å². The summed E-state index contributed by atoms with van der Waals surface area (Å²) < 4.78 is 4.43. The molecule has 1 rings (SSSR count). The van der Waals surface area contributed by atoms with Crippen molar-refractivity contribution >= 4 is 5.97 Å². The molecule has 1 aromatic heterocycles. The Balaban J connectivity index is 3.06. The molecule has 0 aliphatic heterocycles. The lowest BCUT2D eigenvalue weighted by molar-refractivity contribution is -0.136. The van der Waals surface area contributed by atoms with Crippen LogP contribution in [-0.4, -0.2) is 23.2 Å². The van der Waals surface area contributed by atoms with Crippen molar-refractivity contribution in [2.24, 2.45) is 5.92 Å². The van der Waals surface area contributed by atoms with Crippen LogP contribution in [0, 0.1) is 11.3 Å². The van der Waals surface area contributed by atoms with Gasteiger partial charge in [0.25, 0.3) is 0 Å². The second-order valence-corrected chi connectivity index (χ2v) is 4.16. The molecule has 0 bridgehead atoms. The minimum absolute atomic E-state index is 0.150. The number of rotatable bonds is 4. The first-order chi connectivity index (χ1) is 9.02. The Morgan fingerprint density at radius 2 is 2.16 bits per heavy atom. The fourth-order valence-corrected chi connectivity index (χ4v) is 1.65. The molecule has 0 radical (unpaired) electrons. The minimum Gasteiger partial charge on any atom is -0.505 e. The van der Waals surface area contributed by atoms with Gasteiger partial charge in [-0.2, -0.15) is 0 Å². The van der Waals surface area contributed by atoms with Crippen LogP contribution in [0.15, 0.2) is 35.9 Å². The van der Waals surface area contributed by atoms with Gasteiger partial charge in [0.15, 0.2) is 4.98 Å². The summed E-state index contributed by atoms with van der Waals surface area (Å²) in [7, 11) is 1.15. The predicted molar refractivity (Wildman–Crippen MR) is 68.6 cm³/mol. The van der Waals surface area contributed by atoms with E-state index in [1.807, 2.05) is 19.1 Å². The van der Waals surface area contributed by atoms with E-state index >= 15 is 0 Å². The van der Waals surface area contributed by atoms with Crippen LogP contribution in [0.25, 0.3) is 4.98 Å². The Bertz CT molecular complexity index is 520. The molecule has 2 atom stereocenters. The molecule has 1 N–H and O–H groups in total. The van der Waals surface area contributed by atoms with Crippen molar-refractivity contribution in [1.82, 2.24) is 4.98 Å². The molecule has 19 heavy (non-hydrogen) atoms. The molecule has 6 heteroatoms. The van der Waals surface area contributed by atoms with Crippen molar-refractivity contribution in [3.05, 3.63) is 46.5 Å². The third-order valence-corrected chi connectivity index (χ3v) is 3.06. The van der Waals surface area contributed by atoms with Gasteiger partial charge < -0.3 is 9.84 Å². The van der Waals surface area contributed by atoms with E-state index in [1.54, 1.807) is 19.2 Å². The van der Waals surface area contributed by atoms with Crippen molar-refractivity contribution in [3.63, 3.8) is 0 Å². The average molecular weight is 262 g/mol. The number of aliphatic hydroxyl groups excluding tert-OH is 1. The van der Waals surface area contributed by atoms with Crippen LogP contribution in [0.5, 0.6) is 0 Å². The van der Waals surface area contributed by atoms with Crippen molar-refractivity contribution in [1.29, 1.82) is 5.39 Å². The monoisotopic (exact) mass is 262 g/mol. The summed E-state index contributed by atoms with van der Waals surface area (Å²) in [5.74, 6) is -1.81. The zero-order valence-electron chi connectivity index (χ0n) is 11.1. The van der Waals surface area contributed by atoms with Crippen LogP contribution in [0.1, 0.15) is 25.5 Å². The molecule has 0 amide bonds. The predicted octanol–water partition coefficient (Wildman–Crippen LogP) is 2.62. The molecule has 0 aliphatic carbocycles. The Morgan fingerprint density at radius 1 is 1.47 bits per heavy atom. The lowest BCUT2D eigenvalue weighted by Crippen LogP contribution is -2.15. The highest BCUT2D eigenvalue weighted by atomic mass is 16.5. The van der Waals surface area contributed by atoms with Crippen molar-refractivity contribution < 1.29 is 14.6 Å². The Labute approximate surface area is 111 Å². The van der Waals surface area contributed by atoms with Crippen molar-refractivity contribution in [3.8, 4) is 0 Å². The standard InChI is InChI=1S/C13H15N3O3/c1-8(10-6-4-5-7-15-10)9(2)12(17)11(16-14)13(18)19-3/h4-9H,1-3H3/p+1/t8-,9-/m1/s1. The lowest BCUT2D eigenvalue weighted by atomic mass is 9.90. The average Bonchev–Trinajstić information content (AvgIpc) is 2.46. The number of aromatic nitrogens is 1. The van der Waals surface area contributed by atoms with Gasteiger partial charge in [-0.15, -0.1) is 0 Å². The molecule has 100 valence electrons. The van der Waals surface area contributed by atoms with Crippen LogP contribution in [0.4, 0.5) is 0 Å².